The Morgan fingerprint density at radius 3 is 1.46 bits per heavy atom. The number of fused-ring (bicyclic) bond motifs is 1. The van der Waals surface area contributed by atoms with Crippen molar-refractivity contribution in [1.82, 2.24) is 24.9 Å². The molecule has 0 spiro atoms. The molecule has 0 atom stereocenters. The van der Waals surface area contributed by atoms with Crippen LogP contribution in [0, 0.1) is 0 Å². The molecule has 10 rings (SSSR count). The summed E-state index contributed by atoms with van der Waals surface area (Å²) in [6.07, 6.45) is 0. The molecule has 8 aromatic carbocycles. The molecular formula is C53H36N6. The maximum Gasteiger partial charge on any atom is 0.164 e. The lowest BCUT2D eigenvalue weighted by atomic mass is 9.95. The van der Waals surface area contributed by atoms with Gasteiger partial charge in [-0.1, -0.05) is 176 Å². The van der Waals surface area contributed by atoms with Crippen LogP contribution in [0.4, 0.5) is 5.69 Å². The van der Waals surface area contributed by atoms with Gasteiger partial charge in [-0.3, -0.25) is 0 Å². The summed E-state index contributed by atoms with van der Waals surface area (Å²) < 4.78 is 0. The van der Waals surface area contributed by atoms with Gasteiger partial charge < -0.3 is 5.73 Å². The van der Waals surface area contributed by atoms with Gasteiger partial charge in [0, 0.05) is 38.9 Å². The molecule has 59 heavy (non-hydrogen) atoms. The number of hydrogen-bond donors (Lipinski definition) is 1. The number of nitrogens with two attached hydrogens (primary N) is 1. The number of aromatic nitrogens is 5. The van der Waals surface area contributed by atoms with Gasteiger partial charge >= 0.3 is 0 Å². The third-order valence-corrected chi connectivity index (χ3v) is 10.5. The molecule has 0 amide bonds. The SMILES string of the molecule is Nc1cccc(-c2ccc(-c3nc(-c4ccccc4)nc(-c4ccccc4-c4cccc(-c5cccc(-c6nc(-c7ccccc7)c7ccccc7n6)c5)c4)n3)cc2)c1. The largest absolute Gasteiger partial charge is 0.399 e. The second-order valence-corrected chi connectivity index (χ2v) is 14.4. The van der Waals surface area contributed by atoms with E-state index < -0.39 is 0 Å². The van der Waals surface area contributed by atoms with E-state index in [9.17, 15) is 0 Å². The third kappa shape index (κ3) is 7.23. The minimum atomic E-state index is 0.597. The van der Waals surface area contributed by atoms with E-state index in [0.29, 0.717) is 23.3 Å². The van der Waals surface area contributed by atoms with Gasteiger partial charge in [0.05, 0.1) is 11.2 Å². The highest BCUT2D eigenvalue weighted by Crippen LogP contribution is 2.36. The van der Waals surface area contributed by atoms with Gasteiger partial charge in [0.15, 0.2) is 23.3 Å². The van der Waals surface area contributed by atoms with Crippen LogP contribution in [0.15, 0.2) is 206 Å². The molecule has 0 aliphatic carbocycles. The lowest BCUT2D eigenvalue weighted by molar-refractivity contribution is 1.07. The summed E-state index contributed by atoms with van der Waals surface area (Å²) in [5, 5.41) is 1.03. The highest BCUT2D eigenvalue weighted by Gasteiger charge is 2.17. The highest BCUT2D eigenvalue weighted by molar-refractivity contribution is 5.94. The van der Waals surface area contributed by atoms with Gasteiger partial charge in [-0.25, -0.2) is 24.9 Å². The van der Waals surface area contributed by atoms with Crippen molar-refractivity contribution in [3.8, 4) is 90.2 Å². The summed E-state index contributed by atoms with van der Waals surface area (Å²) in [6.45, 7) is 0. The molecule has 0 unspecified atom stereocenters. The zero-order valence-electron chi connectivity index (χ0n) is 31.9. The monoisotopic (exact) mass is 756 g/mol. The predicted octanol–water partition coefficient (Wildman–Crippen LogP) is 12.7. The van der Waals surface area contributed by atoms with Crippen LogP contribution in [-0.2, 0) is 0 Å². The van der Waals surface area contributed by atoms with E-state index in [4.69, 9.17) is 30.7 Å². The second-order valence-electron chi connectivity index (χ2n) is 14.4. The Kier molecular flexibility index (Phi) is 9.25. The summed E-state index contributed by atoms with van der Waals surface area (Å²) in [5.74, 6) is 2.49. The standard InChI is InChI=1S/C53H36N6/c54-44-23-13-20-41(34-44)35-28-30-38(31-29-35)51-57-50(37-16-5-2-6-17-37)58-53(59-51)46-25-8-7-24-45(46)42-21-11-18-39(32-42)40-19-12-22-43(33-40)52-55-48-27-10-9-26-47(48)49(56-52)36-14-3-1-4-15-36/h1-34H,54H2. The first-order chi connectivity index (χ1) is 29.1. The molecule has 6 heteroatoms. The molecule has 2 N–H and O–H groups in total. The smallest absolute Gasteiger partial charge is 0.164 e. The second kappa shape index (κ2) is 15.4. The fourth-order valence-corrected chi connectivity index (χ4v) is 7.53. The Labute approximate surface area is 342 Å². The van der Waals surface area contributed by atoms with Gasteiger partial charge in [0.1, 0.15) is 0 Å². The molecule has 10 aromatic rings. The molecule has 0 bridgehead atoms. The predicted molar refractivity (Wildman–Crippen MR) is 241 cm³/mol. The fourth-order valence-electron chi connectivity index (χ4n) is 7.53. The summed E-state index contributed by atoms with van der Waals surface area (Å²) in [5.41, 5.74) is 19.7. The lowest BCUT2D eigenvalue weighted by Crippen LogP contribution is -2.01. The summed E-state index contributed by atoms with van der Waals surface area (Å²) in [4.78, 5) is 25.4. The van der Waals surface area contributed by atoms with Crippen molar-refractivity contribution in [2.45, 2.75) is 0 Å². The maximum absolute atomic E-state index is 6.09. The number of nitrogen functional groups attached to an aromatic ring is 1. The van der Waals surface area contributed by atoms with Crippen LogP contribution < -0.4 is 5.73 Å². The van der Waals surface area contributed by atoms with Gasteiger partial charge in [-0.2, -0.15) is 0 Å². The van der Waals surface area contributed by atoms with Crippen molar-refractivity contribution in [2.75, 3.05) is 5.73 Å². The molecule has 0 saturated carbocycles. The van der Waals surface area contributed by atoms with Crippen molar-refractivity contribution >= 4 is 16.6 Å². The average Bonchev–Trinajstić information content (AvgIpc) is 3.32. The van der Waals surface area contributed by atoms with Crippen LogP contribution in [-0.4, -0.2) is 24.9 Å². The molecule has 0 aliphatic heterocycles. The summed E-state index contributed by atoms with van der Waals surface area (Å²) in [6, 6.07) is 70.1. The minimum Gasteiger partial charge on any atom is -0.399 e. The Bertz CT molecular complexity index is 3110. The van der Waals surface area contributed by atoms with Crippen molar-refractivity contribution in [3.63, 3.8) is 0 Å². The van der Waals surface area contributed by atoms with Gasteiger partial charge in [-0.05, 0) is 63.7 Å². The van der Waals surface area contributed by atoms with Crippen molar-refractivity contribution in [3.05, 3.63) is 206 Å². The Hall–Kier alpha value is -8.09. The van der Waals surface area contributed by atoms with E-state index in [0.717, 1.165) is 83.5 Å². The van der Waals surface area contributed by atoms with Gasteiger partial charge in [0.25, 0.3) is 0 Å². The van der Waals surface area contributed by atoms with Crippen LogP contribution in [0.5, 0.6) is 0 Å². The fraction of sp³-hybridized carbons (Fsp3) is 0. The number of benzene rings is 8. The van der Waals surface area contributed by atoms with E-state index in [-0.39, 0.29) is 0 Å². The topological polar surface area (TPSA) is 90.5 Å². The van der Waals surface area contributed by atoms with Crippen molar-refractivity contribution < 1.29 is 0 Å². The number of hydrogen-bond acceptors (Lipinski definition) is 6. The molecule has 2 aromatic heterocycles. The van der Waals surface area contributed by atoms with Crippen LogP contribution in [0.2, 0.25) is 0 Å². The van der Waals surface area contributed by atoms with E-state index in [1.54, 1.807) is 0 Å². The number of anilines is 1. The van der Waals surface area contributed by atoms with Crippen LogP contribution in [0.3, 0.4) is 0 Å². The molecule has 6 nitrogen and oxygen atoms in total. The molecule has 0 saturated heterocycles. The summed E-state index contributed by atoms with van der Waals surface area (Å²) >= 11 is 0. The lowest BCUT2D eigenvalue weighted by Gasteiger charge is -2.13. The van der Waals surface area contributed by atoms with Gasteiger partial charge in [0.2, 0.25) is 0 Å². The van der Waals surface area contributed by atoms with E-state index >= 15 is 0 Å². The van der Waals surface area contributed by atoms with Crippen molar-refractivity contribution in [2.24, 2.45) is 0 Å². The number of nitrogens with zero attached hydrogens (tertiary/aromatic N) is 5. The van der Waals surface area contributed by atoms with E-state index in [1.807, 2.05) is 84.9 Å². The average molecular weight is 757 g/mol. The zero-order chi connectivity index (χ0) is 39.5. The van der Waals surface area contributed by atoms with Crippen LogP contribution in [0.1, 0.15) is 0 Å². The first kappa shape index (κ1) is 35.3. The first-order valence-corrected chi connectivity index (χ1v) is 19.5. The van der Waals surface area contributed by atoms with E-state index in [2.05, 4.69) is 121 Å². The summed E-state index contributed by atoms with van der Waals surface area (Å²) in [7, 11) is 0. The van der Waals surface area contributed by atoms with Crippen LogP contribution >= 0.6 is 0 Å². The normalized spacial score (nSPS) is 11.1. The Morgan fingerprint density at radius 1 is 0.271 bits per heavy atom. The van der Waals surface area contributed by atoms with Gasteiger partial charge in [-0.15, -0.1) is 0 Å². The molecule has 278 valence electrons. The molecule has 0 aliphatic rings. The number of rotatable bonds is 8. The zero-order valence-corrected chi connectivity index (χ0v) is 31.9. The van der Waals surface area contributed by atoms with E-state index in [1.165, 1.54) is 0 Å². The van der Waals surface area contributed by atoms with Crippen molar-refractivity contribution in [1.29, 1.82) is 0 Å². The quantitative estimate of drug-likeness (QED) is 0.155. The third-order valence-electron chi connectivity index (χ3n) is 10.5. The Balaban J connectivity index is 1.04. The minimum absolute atomic E-state index is 0.597. The first-order valence-electron chi connectivity index (χ1n) is 19.5. The molecule has 0 radical (unpaired) electrons. The molecule has 0 fully saturated rings. The maximum atomic E-state index is 6.09. The Morgan fingerprint density at radius 2 is 0.746 bits per heavy atom. The molecule has 2 heterocycles. The number of para-hydroxylation sites is 1. The highest BCUT2D eigenvalue weighted by atomic mass is 15.0. The van der Waals surface area contributed by atoms with Crippen LogP contribution in [0.25, 0.3) is 101 Å². The molecular weight excluding hydrogens is 721 g/mol.